The highest BCUT2D eigenvalue weighted by Gasteiger charge is 2.43. The fraction of sp³-hybridized carbons (Fsp3) is 0.346. The third-order valence-electron chi connectivity index (χ3n) is 6.84. The molecule has 154 valence electrons. The third-order valence-corrected chi connectivity index (χ3v) is 6.84. The number of nitrogens with zero attached hydrogens (tertiary/aromatic N) is 2. The number of fused-ring (bicyclic) bond motifs is 4. The Morgan fingerprint density at radius 3 is 2.83 bits per heavy atom. The lowest BCUT2D eigenvalue weighted by molar-refractivity contribution is -0.0803. The second-order valence-corrected chi connectivity index (χ2v) is 8.57. The molecule has 1 aromatic heterocycles. The zero-order valence-corrected chi connectivity index (χ0v) is 17.2. The molecule has 3 saturated heterocycles. The summed E-state index contributed by atoms with van der Waals surface area (Å²) in [5.41, 5.74) is 3.17. The number of rotatable bonds is 6. The molecule has 0 saturated carbocycles. The number of phenols is 1. The monoisotopic (exact) mass is 400 g/mol. The average molecular weight is 401 g/mol. The van der Waals surface area contributed by atoms with Gasteiger partial charge in [0.1, 0.15) is 5.75 Å². The molecule has 3 aliphatic heterocycles. The molecule has 4 heteroatoms. The summed E-state index contributed by atoms with van der Waals surface area (Å²) in [6.07, 6.45) is 6.25. The minimum atomic E-state index is -0.0777. The van der Waals surface area contributed by atoms with Gasteiger partial charge in [0.05, 0.1) is 18.2 Å². The molecule has 0 spiro atoms. The number of hydrogen-bond donors (Lipinski definition) is 1. The molecule has 4 heterocycles. The second kappa shape index (κ2) is 8.21. The van der Waals surface area contributed by atoms with E-state index in [4.69, 9.17) is 4.74 Å². The number of aromatic hydroxyl groups is 1. The highest BCUT2D eigenvalue weighted by Crippen LogP contribution is 2.43. The fourth-order valence-corrected chi connectivity index (χ4v) is 5.26. The normalized spacial score (nSPS) is 26.5. The van der Waals surface area contributed by atoms with Crippen molar-refractivity contribution in [2.24, 2.45) is 11.8 Å². The van der Waals surface area contributed by atoms with Gasteiger partial charge >= 0.3 is 0 Å². The van der Waals surface area contributed by atoms with Crippen LogP contribution in [0.2, 0.25) is 0 Å². The minimum Gasteiger partial charge on any atom is -0.508 e. The Hall–Kier alpha value is -2.69. The third kappa shape index (κ3) is 3.62. The summed E-state index contributed by atoms with van der Waals surface area (Å²) in [5, 5.41) is 11.1. The number of hydrogen-bond acceptors (Lipinski definition) is 4. The second-order valence-electron chi connectivity index (χ2n) is 8.57. The van der Waals surface area contributed by atoms with Crippen molar-refractivity contribution in [3.05, 3.63) is 84.6 Å². The van der Waals surface area contributed by atoms with Crippen molar-refractivity contribution >= 4 is 10.9 Å². The van der Waals surface area contributed by atoms with Gasteiger partial charge < -0.3 is 9.84 Å². The van der Waals surface area contributed by atoms with E-state index in [1.807, 2.05) is 36.5 Å². The fourth-order valence-electron chi connectivity index (χ4n) is 5.26. The van der Waals surface area contributed by atoms with Gasteiger partial charge in [-0.15, -0.1) is 6.58 Å². The zero-order chi connectivity index (χ0) is 20.5. The maximum absolute atomic E-state index is 10.1. The van der Waals surface area contributed by atoms with Crippen LogP contribution in [0.15, 0.2) is 73.4 Å². The van der Waals surface area contributed by atoms with Gasteiger partial charge in [0.15, 0.2) is 0 Å². The van der Waals surface area contributed by atoms with E-state index < -0.39 is 0 Å². The molecule has 3 fully saturated rings. The van der Waals surface area contributed by atoms with Gasteiger partial charge in [-0.05, 0) is 66.6 Å². The van der Waals surface area contributed by atoms with Gasteiger partial charge in [-0.25, -0.2) is 0 Å². The Morgan fingerprint density at radius 1 is 1.20 bits per heavy atom. The Balaban J connectivity index is 1.52. The quantitative estimate of drug-likeness (QED) is 0.585. The van der Waals surface area contributed by atoms with Crippen LogP contribution in [0.3, 0.4) is 0 Å². The molecule has 5 atom stereocenters. The molecule has 6 rings (SSSR count). The summed E-state index contributed by atoms with van der Waals surface area (Å²) in [4.78, 5) is 7.09. The Kier molecular flexibility index (Phi) is 5.28. The van der Waals surface area contributed by atoms with Gasteiger partial charge in [0.2, 0.25) is 0 Å². The summed E-state index contributed by atoms with van der Waals surface area (Å²) in [5.74, 6) is 1.50. The standard InChI is InChI=1S/C26H28N2O2/c1-2-19-16-28-13-11-20(19)14-25(28)26(30-17-18-6-4-3-5-7-18)22-10-12-27-24-9-8-21(29)15-23(22)24/h2-10,12,15,19-20,25-26,29H,1,11,13-14,16-17H2/t19?,20?,25?,26-/m0/s1. The number of benzene rings is 2. The molecule has 4 unspecified atom stereocenters. The Bertz CT molecular complexity index is 1040. The van der Waals surface area contributed by atoms with E-state index in [1.165, 1.54) is 12.0 Å². The first-order valence-corrected chi connectivity index (χ1v) is 10.8. The molecule has 1 N–H and O–H groups in total. The summed E-state index contributed by atoms with van der Waals surface area (Å²) in [6.45, 7) is 6.79. The number of aromatic nitrogens is 1. The lowest BCUT2D eigenvalue weighted by Crippen LogP contribution is -2.55. The summed E-state index contributed by atoms with van der Waals surface area (Å²) in [6, 6.07) is 18.1. The maximum Gasteiger partial charge on any atom is 0.116 e. The van der Waals surface area contributed by atoms with E-state index in [0.717, 1.165) is 36.0 Å². The number of pyridine rings is 1. The average Bonchev–Trinajstić information content (AvgIpc) is 2.80. The molecule has 2 aromatic carbocycles. The largest absolute Gasteiger partial charge is 0.508 e. The van der Waals surface area contributed by atoms with Crippen molar-refractivity contribution in [3.63, 3.8) is 0 Å². The Morgan fingerprint density at radius 2 is 2.07 bits per heavy atom. The van der Waals surface area contributed by atoms with E-state index in [0.29, 0.717) is 24.5 Å². The molecular formula is C26H28N2O2. The first-order valence-electron chi connectivity index (χ1n) is 10.8. The summed E-state index contributed by atoms with van der Waals surface area (Å²) >= 11 is 0. The van der Waals surface area contributed by atoms with Crippen molar-refractivity contribution in [2.75, 3.05) is 13.1 Å². The van der Waals surface area contributed by atoms with Crippen LogP contribution in [0.1, 0.15) is 30.1 Å². The van der Waals surface area contributed by atoms with Gasteiger partial charge in [0.25, 0.3) is 0 Å². The number of phenolic OH excluding ortho intramolecular Hbond substituents is 1. The molecule has 2 bridgehead atoms. The molecule has 4 nitrogen and oxygen atoms in total. The van der Waals surface area contributed by atoms with E-state index in [2.05, 4.69) is 40.7 Å². The van der Waals surface area contributed by atoms with Crippen LogP contribution in [0.4, 0.5) is 0 Å². The van der Waals surface area contributed by atoms with Gasteiger partial charge in [-0.3, -0.25) is 9.88 Å². The first-order chi connectivity index (χ1) is 14.7. The molecular weight excluding hydrogens is 372 g/mol. The predicted molar refractivity (Wildman–Crippen MR) is 119 cm³/mol. The summed E-state index contributed by atoms with van der Waals surface area (Å²) < 4.78 is 6.65. The molecule has 0 radical (unpaired) electrons. The predicted octanol–water partition coefficient (Wildman–Crippen LogP) is 5.09. The van der Waals surface area contributed by atoms with E-state index >= 15 is 0 Å². The van der Waals surface area contributed by atoms with E-state index in [9.17, 15) is 5.11 Å². The first kappa shape index (κ1) is 19.3. The SMILES string of the molecule is C=CC1CN2CCC1CC2[C@@H](OCc1ccccc1)c1ccnc2ccc(O)cc12. The summed E-state index contributed by atoms with van der Waals surface area (Å²) in [7, 11) is 0. The molecule has 30 heavy (non-hydrogen) atoms. The highest BCUT2D eigenvalue weighted by atomic mass is 16.5. The van der Waals surface area contributed by atoms with Crippen LogP contribution >= 0.6 is 0 Å². The zero-order valence-electron chi connectivity index (χ0n) is 17.2. The van der Waals surface area contributed by atoms with Gasteiger partial charge in [-0.1, -0.05) is 36.4 Å². The van der Waals surface area contributed by atoms with Crippen LogP contribution in [0.5, 0.6) is 5.75 Å². The number of piperidine rings is 3. The highest BCUT2D eigenvalue weighted by molar-refractivity contribution is 5.83. The smallest absolute Gasteiger partial charge is 0.116 e. The van der Waals surface area contributed by atoms with Crippen molar-refractivity contribution in [2.45, 2.75) is 31.6 Å². The van der Waals surface area contributed by atoms with Crippen molar-refractivity contribution in [3.8, 4) is 5.75 Å². The van der Waals surface area contributed by atoms with Gasteiger partial charge in [-0.2, -0.15) is 0 Å². The van der Waals surface area contributed by atoms with Crippen molar-refractivity contribution in [1.82, 2.24) is 9.88 Å². The van der Waals surface area contributed by atoms with Crippen LogP contribution in [0.25, 0.3) is 10.9 Å². The van der Waals surface area contributed by atoms with Crippen LogP contribution < -0.4 is 0 Å². The van der Waals surface area contributed by atoms with Gasteiger partial charge in [0, 0.05) is 24.2 Å². The van der Waals surface area contributed by atoms with Crippen molar-refractivity contribution in [1.29, 1.82) is 0 Å². The lowest BCUT2D eigenvalue weighted by atomic mass is 9.73. The molecule has 3 aliphatic rings. The van der Waals surface area contributed by atoms with E-state index in [-0.39, 0.29) is 11.9 Å². The molecule has 0 aliphatic carbocycles. The van der Waals surface area contributed by atoms with Crippen LogP contribution in [-0.4, -0.2) is 34.1 Å². The van der Waals surface area contributed by atoms with Crippen molar-refractivity contribution < 1.29 is 9.84 Å². The molecule has 3 aromatic rings. The topological polar surface area (TPSA) is 45.6 Å². The lowest BCUT2D eigenvalue weighted by Gasteiger charge is -2.51. The molecule has 0 amide bonds. The minimum absolute atomic E-state index is 0.0777. The van der Waals surface area contributed by atoms with E-state index in [1.54, 1.807) is 6.07 Å². The van der Waals surface area contributed by atoms with Crippen LogP contribution in [0, 0.1) is 11.8 Å². The number of ether oxygens (including phenoxy) is 1. The Labute approximate surface area is 177 Å². The maximum atomic E-state index is 10.1. The van der Waals surface area contributed by atoms with Crippen LogP contribution in [-0.2, 0) is 11.3 Å².